The van der Waals surface area contributed by atoms with Crippen molar-refractivity contribution in [3.05, 3.63) is 45.5 Å². The highest BCUT2D eigenvalue weighted by Gasteiger charge is 2.09. The number of hydrogen-bond donors (Lipinski definition) is 0. The Bertz CT molecular complexity index is 565. The van der Waals surface area contributed by atoms with Crippen molar-refractivity contribution in [1.82, 2.24) is 9.97 Å². The summed E-state index contributed by atoms with van der Waals surface area (Å²) in [5.74, 6) is -0.442. The Balaban J connectivity index is 2.33. The van der Waals surface area contributed by atoms with E-state index in [0.29, 0.717) is 5.02 Å². The highest BCUT2D eigenvalue weighted by Crippen LogP contribution is 2.35. The molecule has 88 valence electrons. The van der Waals surface area contributed by atoms with Crippen molar-refractivity contribution >= 4 is 34.8 Å². The van der Waals surface area contributed by atoms with Crippen LogP contribution in [0.1, 0.15) is 0 Å². The number of aromatic nitrogens is 2. The summed E-state index contributed by atoms with van der Waals surface area (Å²) in [4.78, 5) is 7.02. The molecule has 0 spiro atoms. The molecule has 2 rings (SSSR count). The van der Waals surface area contributed by atoms with Gasteiger partial charge in [0.2, 0.25) is 11.8 Å². The Kier molecular flexibility index (Phi) is 3.66. The van der Waals surface area contributed by atoms with Crippen molar-refractivity contribution in [1.29, 1.82) is 0 Å². The summed E-state index contributed by atoms with van der Waals surface area (Å²) in [5.41, 5.74) is 0. The van der Waals surface area contributed by atoms with Crippen LogP contribution in [0.3, 0.4) is 0 Å². The summed E-state index contributed by atoms with van der Waals surface area (Å²) in [6, 6.07) is 3.88. The Morgan fingerprint density at radius 1 is 0.941 bits per heavy atom. The first kappa shape index (κ1) is 12.4. The van der Waals surface area contributed by atoms with Crippen molar-refractivity contribution in [2.75, 3.05) is 0 Å². The van der Waals surface area contributed by atoms with E-state index < -0.39 is 5.95 Å². The molecule has 17 heavy (non-hydrogen) atoms. The number of hydrogen-bond acceptors (Lipinski definition) is 3. The lowest BCUT2D eigenvalue weighted by molar-refractivity contribution is 0.451. The Labute approximate surface area is 111 Å². The molecule has 0 bridgehead atoms. The van der Waals surface area contributed by atoms with Crippen LogP contribution in [0.15, 0.2) is 24.5 Å². The second-order valence-corrected chi connectivity index (χ2v) is 4.20. The van der Waals surface area contributed by atoms with Crippen LogP contribution in [0.2, 0.25) is 15.1 Å². The third-order valence-electron chi connectivity index (χ3n) is 1.80. The Morgan fingerprint density at radius 3 is 2.35 bits per heavy atom. The Hall–Kier alpha value is -1.10. The van der Waals surface area contributed by atoms with Crippen LogP contribution in [-0.2, 0) is 0 Å². The molecule has 0 N–H and O–H groups in total. The number of nitrogens with zero attached hydrogens (tertiary/aromatic N) is 2. The fraction of sp³-hybridized carbons (Fsp3) is 0. The predicted molar refractivity (Wildman–Crippen MR) is 63.5 cm³/mol. The van der Waals surface area contributed by atoms with Crippen LogP contribution >= 0.6 is 34.8 Å². The SMILES string of the molecule is Fc1cc(Oc2cc(Cl)c(Cl)cc2Cl)ncn1. The number of rotatable bonds is 2. The summed E-state index contributed by atoms with van der Waals surface area (Å²) in [6.07, 6.45) is 1.04. The first-order valence-electron chi connectivity index (χ1n) is 4.36. The van der Waals surface area contributed by atoms with Gasteiger partial charge < -0.3 is 4.74 Å². The summed E-state index contributed by atoms with van der Waals surface area (Å²) in [6.45, 7) is 0. The molecule has 2 aromatic rings. The molecule has 1 heterocycles. The van der Waals surface area contributed by atoms with Gasteiger partial charge in [-0.15, -0.1) is 0 Å². The van der Waals surface area contributed by atoms with Crippen molar-refractivity contribution in [3.63, 3.8) is 0 Å². The van der Waals surface area contributed by atoms with Gasteiger partial charge in [0.1, 0.15) is 12.1 Å². The van der Waals surface area contributed by atoms with Gasteiger partial charge in [0, 0.05) is 6.07 Å². The topological polar surface area (TPSA) is 35.0 Å². The van der Waals surface area contributed by atoms with Crippen LogP contribution in [0.4, 0.5) is 4.39 Å². The van der Waals surface area contributed by atoms with Crippen molar-refractivity contribution < 1.29 is 9.13 Å². The average Bonchev–Trinajstić information content (AvgIpc) is 2.26. The number of ether oxygens (including phenoxy) is 1. The van der Waals surface area contributed by atoms with Crippen LogP contribution in [-0.4, -0.2) is 9.97 Å². The zero-order chi connectivity index (χ0) is 12.4. The normalized spacial score (nSPS) is 10.4. The summed E-state index contributed by atoms with van der Waals surface area (Å²) in [5, 5.41) is 0.830. The maximum atomic E-state index is 12.8. The van der Waals surface area contributed by atoms with Gasteiger partial charge in [-0.3, -0.25) is 0 Å². The van der Waals surface area contributed by atoms with Crippen molar-refractivity contribution in [2.24, 2.45) is 0 Å². The zero-order valence-electron chi connectivity index (χ0n) is 8.12. The maximum Gasteiger partial charge on any atom is 0.225 e. The van der Waals surface area contributed by atoms with Gasteiger partial charge >= 0.3 is 0 Å². The molecule has 0 radical (unpaired) electrons. The van der Waals surface area contributed by atoms with Crippen LogP contribution in [0.5, 0.6) is 11.6 Å². The molecular weight excluding hydrogens is 289 g/mol. The Morgan fingerprint density at radius 2 is 1.65 bits per heavy atom. The fourth-order valence-corrected chi connectivity index (χ4v) is 1.64. The quantitative estimate of drug-likeness (QED) is 0.609. The summed E-state index contributed by atoms with van der Waals surface area (Å²) < 4.78 is 18.1. The minimum Gasteiger partial charge on any atom is -0.437 e. The molecule has 0 aliphatic heterocycles. The molecule has 7 heteroatoms. The molecule has 0 unspecified atom stereocenters. The molecule has 0 aliphatic carbocycles. The number of halogens is 4. The van der Waals surface area contributed by atoms with Gasteiger partial charge in [-0.05, 0) is 6.07 Å². The van der Waals surface area contributed by atoms with E-state index in [1.54, 1.807) is 0 Å². The largest absolute Gasteiger partial charge is 0.437 e. The van der Waals surface area contributed by atoms with Gasteiger partial charge in [0.25, 0.3) is 0 Å². The van der Waals surface area contributed by atoms with Crippen LogP contribution in [0, 0.1) is 5.95 Å². The van der Waals surface area contributed by atoms with E-state index in [2.05, 4.69) is 9.97 Å². The summed E-state index contributed by atoms with van der Waals surface area (Å²) >= 11 is 17.4. The molecule has 1 aromatic heterocycles. The van der Waals surface area contributed by atoms with Crippen molar-refractivity contribution in [3.8, 4) is 11.6 Å². The fourth-order valence-electron chi connectivity index (χ4n) is 1.07. The second kappa shape index (κ2) is 5.04. The van der Waals surface area contributed by atoms with E-state index in [9.17, 15) is 4.39 Å². The molecule has 0 fully saturated rings. The van der Waals surface area contributed by atoms with Gasteiger partial charge in [-0.1, -0.05) is 34.8 Å². The molecule has 1 aromatic carbocycles. The minimum atomic E-state index is -0.703. The standard InChI is InChI=1S/C10H4Cl3FN2O/c11-5-1-7(13)8(2-6(5)12)17-10-3-9(14)15-4-16-10/h1-4H. The van der Waals surface area contributed by atoms with E-state index in [1.165, 1.54) is 12.1 Å². The van der Waals surface area contributed by atoms with Gasteiger partial charge in [-0.25, -0.2) is 9.97 Å². The van der Waals surface area contributed by atoms with Crippen molar-refractivity contribution in [2.45, 2.75) is 0 Å². The van der Waals surface area contributed by atoms with E-state index in [4.69, 9.17) is 39.5 Å². The molecule has 0 aliphatic rings. The zero-order valence-corrected chi connectivity index (χ0v) is 10.4. The van der Waals surface area contributed by atoms with E-state index in [0.717, 1.165) is 12.4 Å². The first-order valence-corrected chi connectivity index (χ1v) is 5.49. The molecule has 3 nitrogen and oxygen atoms in total. The molecule has 0 saturated carbocycles. The lowest BCUT2D eigenvalue weighted by atomic mass is 10.3. The second-order valence-electron chi connectivity index (χ2n) is 2.98. The van der Waals surface area contributed by atoms with Gasteiger partial charge in [-0.2, -0.15) is 4.39 Å². The van der Waals surface area contributed by atoms with Gasteiger partial charge in [0.05, 0.1) is 21.1 Å². The average molecular weight is 294 g/mol. The van der Waals surface area contributed by atoms with Crippen LogP contribution < -0.4 is 4.74 Å². The summed E-state index contributed by atoms with van der Waals surface area (Å²) in [7, 11) is 0. The third kappa shape index (κ3) is 2.97. The lowest BCUT2D eigenvalue weighted by Gasteiger charge is -2.07. The van der Waals surface area contributed by atoms with E-state index in [1.807, 2.05) is 0 Å². The van der Waals surface area contributed by atoms with E-state index in [-0.39, 0.29) is 21.7 Å². The first-order chi connectivity index (χ1) is 8.06. The number of benzene rings is 1. The smallest absolute Gasteiger partial charge is 0.225 e. The molecule has 0 atom stereocenters. The lowest BCUT2D eigenvalue weighted by Crippen LogP contribution is -1.91. The highest BCUT2D eigenvalue weighted by atomic mass is 35.5. The van der Waals surface area contributed by atoms with Crippen LogP contribution in [0.25, 0.3) is 0 Å². The predicted octanol–water partition coefficient (Wildman–Crippen LogP) is 4.37. The monoisotopic (exact) mass is 292 g/mol. The molecule has 0 amide bonds. The maximum absolute atomic E-state index is 12.8. The molecular formula is C10H4Cl3FN2O. The minimum absolute atomic E-state index is 0.0257. The third-order valence-corrected chi connectivity index (χ3v) is 2.82. The molecule has 0 saturated heterocycles. The van der Waals surface area contributed by atoms with Gasteiger partial charge in [0.15, 0.2) is 0 Å². The van der Waals surface area contributed by atoms with E-state index >= 15 is 0 Å². The highest BCUT2D eigenvalue weighted by molar-refractivity contribution is 6.43.